The molecule has 0 aliphatic heterocycles. The third-order valence-electron chi connectivity index (χ3n) is 2.91. The van der Waals surface area contributed by atoms with Gasteiger partial charge in [-0.3, -0.25) is 0 Å². The molecular weight excluding hydrogens is 275 g/mol. The molecule has 0 aliphatic carbocycles. The molecule has 0 unspecified atom stereocenters. The average molecular weight is 292 g/mol. The van der Waals surface area contributed by atoms with Crippen molar-refractivity contribution in [2.75, 3.05) is 13.7 Å². The van der Waals surface area contributed by atoms with Crippen molar-refractivity contribution in [3.8, 4) is 5.75 Å². The largest absolute Gasteiger partial charge is 0.497 e. The Morgan fingerprint density at radius 3 is 2.75 bits per heavy atom. The summed E-state index contributed by atoms with van der Waals surface area (Å²) in [6.07, 6.45) is 0.892. The molecule has 2 aromatic rings. The molecule has 0 saturated carbocycles. The van der Waals surface area contributed by atoms with Crippen LogP contribution < -0.4 is 10.2 Å². The topological polar surface area (TPSA) is 58.9 Å². The molecule has 0 saturated heterocycles. The first-order chi connectivity index (χ1) is 9.70. The molecule has 2 N–H and O–H groups in total. The summed E-state index contributed by atoms with van der Waals surface area (Å²) in [4.78, 5) is 1.30. The summed E-state index contributed by atoms with van der Waals surface area (Å²) in [5.74, 6) is 0.460. The highest BCUT2D eigenvalue weighted by Crippen LogP contribution is 2.12. The molecule has 4 nitrogen and oxygen atoms in total. The lowest BCUT2D eigenvalue weighted by Crippen LogP contribution is -2.31. The number of hydrogen-bond acceptors (Lipinski definition) is 5. The Hall–Kier alpha value is -1.34. The minimum atomic E-state index is -1.55. The molecule has 0 bridgehead atoms. The summed E-state index contributed by atoms with van der Waals surface area (Å²) in [6.45, 7) is 1.08. The van der Waals surface area contributed by atoms with E-state index in [4.69, 9.17) is 9.47 Å². The van der Waals surface area contributed by atoms with Gasteiger partial charge in [-0.2, -0.15) is 0 Å². The quantitative estimate of drug-likeness (QED) is 0.594. The first kappa shape index (κ1) is 15.1. The van der Waals surface area contributed by atoms with E-state index in [9.17, 15) is 10.0 Å². The van der Waals surface area contributed by atoms with E-state index in [0.29, 0.717) is 24.4 Å². The van der Waals surface area contributed by atoms with Gasteiger partial charge in [0, 0.05) is 16.8 Å². The van der Waals surface area contributed by atoms with Gasteiger partial charge in [0.1, 0.15) is 5.75 Å². The summed E-state index contributed by atoms with van der Waals surface area (Å²) in [5, 5.41) is 20.6. The van der Waals surface area contributed by atoms with Gasteiger partial charge in [0.05, 0.1) is 20.3 Å². The van der Waals surface area contributed by atoms with Crippen LogP contribution in [-0.2, 0) is 17.8 Å². The Morgan fingerprint density at radius 1 is 1.25 bits per heavy atom. The SMILES string of the molecule is COc1ccc(COCCc2cccs2)cc1B(O)O. The van der Waals surface area contributed by atoms with Crippen LogP contribution in [0.3, 0.4) is 0 Å². The highest BCUT2D eigenvalue weighted by molar-refractivity contribution is 7.09. The van der Waals surface area contributed by atoms with Crippen LogP contribution in [0.4, 0.5) is 0 Å². The number of rotatable bonds is 7. The Labute approximate surface area is 122 Å². The van der Waals surface area contributed by atoms with Crippen LogP contribution in [0.25, 0.3) is 0 Å². The molecule has 1 aromatic heterocycles. The van der Waals surface area contributed by atoms with E-state index in [2.05, 4.69) is 6.07 Å². The van der Waals surface area contributed by atoms with E-state index in [1.165, 1.54) is 12.0 Å². The summed E-state index contributed by atoms with van der Waals surface area (Å²) in [5.41, 5.74) is 1.24. The zero-order valence-corrected chi connectivity index (χ0v) is 12.1. The van der Waals surface area contributed by atoms with Crippen molar-refractivity contribution < 1.29 is 19.5 Å². The molecule has 0 aliphatic rings. The molecule has 0 radical (unpaired) electrons. The minimum absolute atomic E-state index is 0.354. The Kier molecular flexibility index (Phi) is 5.61. The van der Waals surface area contributed by atoms with E-state index >= 15 is 0 Å². The van der Waals surface area contributed by atoms with Crippen LogP contribution in [0.2, 0.25) is 0 Å². The second kappa shape index (κ2) is 7.45. The predicted octanol–water partition coefficient (Wildman–Crippen LogP) is 1.20. The van der Waals surface area contributed by atoms with E-state index in [1.807, 2.05) is 17.5 Å². The van der Waals surface area contributed by atoms with Crippen LogP contribution in [0.5, 0.6) is 5.75 Å². The zero-order chi connectivity index (χ0) is 14.4. The molecule has 106 valence electrons. The number of methoxy groups -OCH3 is 1. The van der Waals surface area contributed by atoms with Gasteiger partial charge < -0.3 is 19.5 Å². The molecule has 20 heavy (non-hydrogen) atoms. The van der Waals surface area contributed by atoms with Crippen LogP contribution in [0, 0.1) is 0 Å². The van der Waals surface area contributed by atoms with Crippen molar-refractivity contribution in [2.24, 2.45) is 0 Å². The lowest BCUT2D eigenvalue weighted by Gasteiger charge is -2.10. The van der Waals surface area contributed by atoms with Gasteiger partial charge in [-0.1, -0.05) is 18.2 Å². The van der Waals surface area contributed by atoms with Gasteiger partial charge in [0.2, 0.25) is 0 Å². The van der Waals surface area contributed by atoms with E-state index in [1.54, 1.807) is 23.5 Å². The van der Waals surface area contributed by atoms with Gasteiger partial charge >= 0.3 is 7.12 Å². The summed E-state index contributed by atoms with van der Waals surface area (Å²) < 4.78 is 10.7. The first-order valence-corrected chi connectivity index (χ1v) is 7.21. The standard InChI is InChI=1S/C14H17BO4S/c1-18-14-5-4-11(9-13(14)15(16)17)10-19-7-6-12-3-2-8-20-12/h2-5,8-9,16-17H,6-7,10H2,1H3. The maximum atomic E-state index is 9.29. The van der Waals surface area contributed by atoms with E-state index in [0.717, 1.165) is 12.0 Å². The summed E-state index contributed by atoms with van der Waals surface area (Å²) >= 11 is 1.72. The molecule has 0 amide bonds. The van der Waals surface area contributed by atoms with Crippen LogP contribution >= 0.6 is 11.3 Å². The highest BCUT2D eigenvalue weighted by Gasteiger charge is 2.17. The summed E-state index contributed by atoms with van der Waals surface area (Å²) in [7, 11) is -0.0469. The number of thiophene rings is 1. The fourth-order valence-corrected chi connectivity index (χ4v) is 2.58. The lowest BCUT2D eigenvalue weighted by atomic mass is 9.79. The number of benzene rings is 1. The predicted molar refractivity (Wildman–Crippen MR) is 80.5 cm³/mol. The lowest BCUT2D eigenvalue weighted by molar-refractivity contribution is 0.124. The fourth-order valence-electron chi connectivity index (χ4n) is 1.89. The maximum Gasteiger partial charge on any atom is 0.492 e. The van der Waals surface area contributed by atoms with Gasteiger partial charge in [0.25, 0.3) is 0 Å². The molecule has 0 fully saturated rings. The maximum absolute atomic E-state index is 9.29. The number of hydrogen-bond donors (Lipinski definition) is 2. The smallest absolute Gasteiger partial charge is 0.492 e. The Morgan fingerprint density at radius 2 is 2.10 bits per heavy atom. The monoisotopic (exact) mass is 292 g/mol. The molecule has 1 heterocycles. The second-order valence-electron chi connectivity index (χ2n) is 4.33. The average Bonchev–Trinajstić information content (AvgIpc) is 2.96. The fraction of sp³-hybridized carbons (Fsp3) is 0.286. The van der Waals surface area contributed by atoms with Crippen LogP contribution in [0.15, 0.2) is 35.7 Å². The molecule has 2 rings (SSSR count). The summed E-state index contributed by atoms with van der Waals surface area (Å²) in [6, 6.07) is 9.37. The third-order valence-corrected chi connectivity index (χ3v) is 3.85. The Bertz CT molecular complexity index is 528. The van der Waals surface area contributed by atoms with Crippen molar-refractivity contribution in [3.63, 3.8) is 0 Å². The van der Waals surface area contributed by atoms with E-state index < -0.39 is 7.12 Å². The zero-order valence-electron chi connectivity index (χ0n) is 11.3. The van der Waals surface area contributed by atoms with Crippen molar-refractivity contribution >= 4 is 23.9 Å². The molecule has 0 spiro atoms. The molecule has 0 atom stereocenters. The second-order valence-corrected chi connectivity index (χ2v) is 5.36. The molecule has 1 aromatic carbocycles. The Balaban J connectivity index is 1.88. The van der Waals surface area contributed by atoms with Crippen molar-refractivity contribution in [3.05, 3.63) is 46.2 Å². The van der Waals surface area contributed by atoms with Crippen LogP contribution in [-0.4, -0.2) is 30.9 Å². The van der Waals surface area contributed by atoms with Gasteiger partial charge in [0.15, 0.2) is 0 Å². The van der Waals surface area contributed by atoms with Gasteiger partial charge in [-0.05, 0) is 23.1 Å². The van der Waals surface area contributed by atoms with Gasteiger partial charge in [-0.15, -0.1) is 11.3 Å². The van der Waals surface area contributed by atoms with Crippen molar-refractivity contribution in [2.45, 2.75) is 13.0 Å². The molecule has 6 heteroatoms. The third kappa shape index (κ3) is 4.08. The minimum Gasteiger partial charge on any atom is -0.497 e. The van der Waals surface area contributed by atoms with Crippen LogP contribution in [0.1, 0.15) is 10.4 Å². The van der Waals surface area contributed by atoms with Crippen molar-refractivity contribution in [1.82, 2.24) is 0 Å². The molecular formula is C14H17BO4S. The van der Waals surface area contributed by atoms with Gasteiger partial charge in [-0.25, -0.2) is 0 Å². The van der Waals surface area contributed by atoms with Crippen molar-refractivity contribution in [1.29, 1.82) is 0 Å². The highest BCUT2D eigenvalue weighted by atomic mass is 32.1. The normalized spacial score (nSPS) is 10.6. The van der Waals surface area contributed by atoms with E-state index in [-0.39, 0.29) is 0 Å². The number of ether oxygens (including phenoxy) is 2. The first-order valence-electron chi connectivity index (χ1n) is 6.34.